The van der Waals surface area contributed by atoms with Crippen LogP contribution in [-0.4, -0.2) is 37.4 Å². The van der Waals surface area contributed by atoms with E-state index in [-0.39, 0.29) is 29.4 Å². The molecule has 9 heteroatoms. The van der Waals surface area contributed by atoms with E-state index in [1.165, 1.54) is 20.9 Å². The van der Waals surface area contributed by atoms with Crippen LogP contribution in [0.5, 0.6) is 0 Å². The van der Waals surface area contributed by atoms with Crippen LogP contribution in [-0.2, 0) is 21.4 Å². The molecule has 24 heavy (non-hydrogen) atoms. The minimum absolute atomic E-state index is 0.00681. The van der Waals surface area contributed by atoms with E-state index in [9.17, 15) is 13.2 Å². The van der Waals surface area contributed by atoms with E-state index in [0.29, 0.717) is 5.02 Å². The predicted molar refractivity (Wildman–Crippen MR) is 89.1 cm³/mol. The average Bonchev–Trinajstić information content (AvgIpc) is 2.84. The van der Waals surface area contributed by atoms with Gasteiger partial charge in [-0.15, -0.1) is 0 Å². The van der Waals surface area contributed by atoms with Gasteiger partial charge in [0.1, 0.15) is 10.6 Å². The number of nitrogens with one attached hydrogen (secondary N) is 1. The Morgan fingerprint density at radius 3 is 2.67 bits per heavy atom. The minimum Gasteiger partial charge on any atom is -0.360 e. The number of aryl methyl sites for hydroxylation is 2. The number of benzene rings is 1. The molecule has 2 rings (SSSR count). The van der Waals surface area contributed by atoms with Crippen molar-refractivity contribution in [2.24, 2.45) is 0 Å². The number of rotatable bonds is 6. The third-order valence-corrected chi connectivity index (χ3v) is 5.66. The molecule has 1 heterocycles. The lowest BCUT2D eigenvalue weighted by Gasteiger charge is -2.16. The Balaban J connectivity index is 2.01. The summed E-state index contributed by atoms with van der Waals surface area (Å²) in [5, 5.41) is 6.86. The van der Waals surface area contributed by atoms with Gasteiger partial charge in [0.15, 0.2) is 5.76 Å². The highest BCUT2D eigenvalue weighted by atomic mass is 35.5. The number of carbonyl (C=O) groups excluding carboxylic acids is 1. The molecule has 0 radical (unpaired) electrons. The van der Waals surface area contributed by atoms with Gasteiger partial charge >= 0.3 is 0 Å². The summed E-state index contributed by atoms with van der Waals surface area (Å²) in [6, 6.07) is 7.05. The Hall–Kier alpha value is -1.90. The summed E-state index contributed by atoms with van der Waals surface area (Å²) in [4.78, 5) is 12.0. The van der Waals surface area contributed by atoms with Gasteiger partial charge < -0.3 is 9.84 Å². The lowest BCUT2D eigenvalue weighted by atomic mass is 10.2. The number of likely N-dealkylation sites (N-methyl/N-ethyl adjacent to an activating group) is 1. The molecule has 0 aliphatic carbocycles. The van der Waals surface area contributed by atoms with Gasteiger partial charge in [-0.25, -0.2) is 8.42 Å². The maximum absolute atomic E-state index is 12.5. The molecule has 1 N–H and O–H groups in total. The maximum atomic E-state index is 12.5. The zero-order chi connectivity index (χ0) is 17.9. The number of hydrogen-bond acceptors (Lipinski definition) is 5. The lowest BCUT2D eigenvalue weighted by molar-refractivity contribution is -0.121. The van der Waals surface area contributed by atoms with Crippen molar-refractivity contribution >= 4 is 27.5 Å². The zero-order valence-corrected chi connectivity index (χ0v) is 15.1. The first kappa shape index (κ1) is 18.4. The second-order valence-corrected chi connectivity index (χ2v) is 7.74. The highest BCUT2D eigenvalue weighted by molar-refractivity contribution is 7.89. The molecular weight excluding hydrogens is 354 g/mol. The number of amides is 1. The van der Waals surface area contributed by atoms with Crippen LogP contribution in [0.1, 0.15) is 17.0 Å². The third-order valence-electron chi connectivity index (χ3n) is 3.38. The first-order chi connectivity index (χ1) is 11.2. The summed E-state index contributed by atoms with van der Waals surface area (Å²) in [5.74, 6) is -0.230. The van der Waals surface area contributed by atoms with Crippen molar-refractivity contribution in [1.82, 2.24) is 14.8 Å². The van der Waals surface area contributed by atoms with Crippen molar-refractivity contribution in [2.75, 3.05) is 13.6 Å². The van der Waals surface area contributed by atoms with Crippen molar-refractivity contribution in [2.45, 2.75) is 25.3 Å². The van der Waals surface area contributed by atoms with Crippen LogP contribution in [0, 0.1) is 13.8 Å². The predicted octanol–water partition coefficient (Wildman–Crippen LogP) is 1.88. The van der Waals surface area contributed by atoms with Crippen LogP contribution in [0.25, 0.3) is 0 Å². The summed E-state index contributed by atoms with van der Waals surface area (Å²) in [7, 11) is -2.51. The Bertz CT molecular complexity index is 829. The monoisotopic (exact) mass is 371 g/mol. The molecule has 0 aliphatic rings. The number of nitrogens with zero attached hydrogens (tertiary/aromatic N) is 2. The smallest absolute Gasteiger partial charge is 0.248 e. The summed E-state index contributed by atoms with van der Waals surface area (Å²) >= 11 is 5.88. The molecular formula is C15H18ClN3O4S. The summed E-state index contributed by atoms with van der Waals surface area (Å²) in [6.07, 6.45) is 0. The van der Waals surface area contributed by atoms with Gasteiger partial charge in [0.05, 0.1) is 6.54 Å². The molecule has 0 atom stereocenters. The topological polar surface area (TPSA) is 92.5 Å². The molecule has 1 aromatic carbocycles. The fraction of sp³-hybridized carbons (Fsp3) is 0.333. The Labute approximate surface area is 145 Å². The normalized spacial score (nSPS) is 11.7. The summed E-state index contributed by atoms with van der Waals surface area (Å²) in [6.45, 7) is 3.00. The van der Waals surface area contributed by atoms with E-state index in [1.54, 1.807) is 18.2 Å². The quantitative estimate of drug-likeness (QED) is 0.836. The Kier molecular flexibility index (Phi) is 5.63. The molecule has 0 fully saturated rings. The Morgan fingerprint density at radius 1 is 1.38 bits per heavy atom. The minimum atomic E-state index is -3.85. The Morgan fingerprint density at radius 2 is 2.08 bits per heavy atom. The van der Waals surface area contributed by atoms with Crippen LogP contribution in [0.2, 0.25) is 5.02 Å². The van der Waals surface area contributed by atoms with Gasteiger partial charge in [0.25, 0.3) is 0 Å². The van der Waals surface area contributed by atoms with Gasteiger partial charge in [0, 0.05) is 18.6 Å². The molecule has 0 saturated carbocycles. The molecule has 130 valence electrons. The van der Waals surface area contributed by atoms with Gasteiger partial charge in [0.2, 0.25) is 15.9 Å². The molecule has 1 amide bonds. The van der Waals surface area contributed by atoms with Crippen LogP contribution in [0.3, 0.4) is 0 Å². The molecule has 2 aromatic rings. The van der Waals surface area contributed by atoms with E-state index in [2.05, 4.69) is 10.5 Å². The second kappa shape index (κ2) is 7.33. The van der Waals surface area contributed by atoms with Crippen molar-refractivity contribution in [3.05, 3.63) is 46.3 Å². The fourth-order valence-corrected chi connectivity index (χ4v) is 3.81. The van der Waals surface area contributed by atoms with Gasteiger partial charge in [-0.2, -0.15) is 4.31 Å². The third kappa shape index (κ3) is 4.14. The van der Waals surface area contributed by atoms with Crippen LogP contribution in [0.15, 0.2) is 33.7 Å². The molecule has 0 spiro atoms. The van der Waals surface area contributed by atoms with Gasteiger partial charge in [-0.3, -0.25) is 4.79 Å². The van der Waals surface area contributed by atoms with Gasteiger partial charge in [-0.05, 0) is 31.5 Å². The highest BCUT2D eigenvalue weighted by Crippen LogP contribution is 2.22. The lowest BCUT2D eigenvalue weighted by Crippen LogP contribution is -2.38. The van der Waals surface area contributed by atoms with Crippen molar-refractivity contribution in [1.29, 1.82) is 0 Å². The van der Waals surface area contributed by atoms with E-state index >= 15 is 0 Å². The molecule has 0 aliphatic heterocycles. The van der Waals surface area contributed by atoms with E-state index < -0.39 is 15.9 Å². The van der Waals surface area contributed by atoms with Crippen LogP contribution in [0.4, 0.5) is 0 Å². The van der Waals surface area contributed by atoms with Crippen LogP contribution < -0.4 is 5.32 Å². The molecule has 1 aromatic heterocycles. The first-order valence-electron chi connectivity index (χ1n) is 7.12. The number of halogens is 1. The number of sulfonamides is 1. The fourth-order valence-electron chi connectivity index (χ4n) is 2.19. The van der Waals surface area contributed by atoms with Crippen molar-refractivity contribution in [3.8, 4) is 0 Å². The van der Waals surface area contributed by atoms with E-state index in [4.69, 9.17) is 16.1 Å². The number of hydrogen-bond donors (Lipinski definition) is 1. The largest absolute Gasteiger partial charge is 0.360 e. The number of carbonyl (C=O) groups is 1. The number of aromatic nitrogens is 1. The van der Waals surface area contributed by atoms with E-state index in [0.717, 1.165) is 9.87 Å². The SMILES string of the molecule is Cc1noc(C)c1S(=O)(=O)N(C)CC(=O)NCc1cccc(Cl)c1. The molecule has 0 bridgehead atoms. The van der Waals surface area contributed by atoms with Crippen LogP contribution >= 0.6 is 11.6 Å². The first-order valence-corrected chi connectivity index (χ1v) is 8.94. The highest BCUT2D eigenvalue weighted by Gasteiger charge is 2.29. The molecule has 7 nitrogen and oxygen atoms in total. The average molecular weight is 372 g/mol. The second-order valence-electron chi connectivity index (χ2n) is 5.32. The zero-order valence-electron chi connectivity index (χ0n) is 13.5. The standard InChI is InChI=1S/C15H18ClN3O4S/c1-10-15(11(2)23-18-10)24(21,22)19(3)9-14(20)17-8-12-5-4-6-13(16)7-12/h4-7H,8-9H2,1-3H3,(H,17,20). The molecule has 0 saturated heterocycles. The van der Waals surface area contributed by atoms with E-state index in [1.807, 2.05) is 6.07 Å². The van der Waals surface area contributed by atoms with Crippen molar-refractivity contribution in [3.63, 3.8) is 0 Å². The maximum Gasteiger partial charge on any atom is 0.248 e. The summed E-state index contributed by atoms with van der Waals surface area (Å²) in [5.41, 5.74) is 1.09. The van der Waals surface area contributed by atoms with Crippen molar-refractivity contribution < 1.29 is 17.7 Å². The molecule has 0 unspecified atom stereocenters. The summed E-state index contributed by atoms with van der Waals surface area (Å²) < 4.78 is 30.9. The van der Waals surface area contributed by atoms with Gasteiger partial charge in [-0.1, -0.05) is 28.9 Å².